The molecule has 45 heavy (non-hydrogen) atoms. The number of primary amides is 1. The Morgan fingerprint density at radius 1 is 0.889 bits per heavy atom. The number of nitriles is 1. The second kappa shape index (κ2) is 16.2. The van der Waals surface area contributed by atoms with E-state index < -0.39 is 35.8 Å². The number of carbonyl (C=O) groups excluding carboxylic acids is 3. The summed E-state index contributed by atoms with van der Waals surface area (Å²) in [5.41, 5.74) is 9.63. The molecule has 0 spiro atoms. The minimum Gasteiger partial charge on any atom is -0.465 e. The first-order valence-corrected chi connectivity index (χ1v) is 15.4. The molecule has 9 heteroatoms. The third kappa shape index (κ3) is 8.82. The van der Waals surface area contributed by atoms with Crippen LogP contribution in [-0.2, 0) is 25.5 Å². The summed E-state index contributed by atoms with van der Waals surface area (Å²) in [7, 11) is 1.32. The van der Waals surface area contributed by atoms with Crippen LogP contribution >= 0.6 is 11.8 Å². The van der Waals surface area contributed by atoms with Gasteiger partial charge in [-0.05, 0) is 41.8 Å². The first kappa shape index (κ1) is 33.0. The van der Waals surface area contributed by atoms with Crippen LogP contribution in [0.4, 0.5) is 0 Å². The number of rotatable bonds is 14. The number of benzene rings is 4. The van der Waals surface area contributed by atoms with Gasteiger partial charge in [-0.1, -0.05) is 108 Å². The Balaban J connectivity index is 1.66. The highest BCUT2D eigenvalue weighted by atomic mass is 32.2. The highest BCUT2D eigenvalue weighted by Crippen LogP contribution is 2.30. The van der Waals surface area contributed by atoms with Gasteiger partial charge < -0.3 is 20.1 Å². The average Bonchev–Trinajstić information content (AvgIpc) is 3.06. The minimum atomic E-state index is -1.13. The number of ether oxygens (including phenoxy) is 2. The van der Waals surface area contributed by atoms with Crippen molar-refractivity contribution in [1.82, 2.24) is 4.90 Å². The largest absolute Gasteiger partial charge is 0.465 e. The van der Waals surface area contributed by atoms with Crippen LogP contribution in [0.2, 0.25) is 0 Å². The van der Waals surface area contributed by atoms with Gasteiger partial charge in [0, 0.05) is 11.3 Å². The van der Waals surface area contributed by atoms with E-state index in [4.69, 9.17) is 15.2 Å². The Hall–Kier alpha value is -4.91. The quantitative estimate of drug-likeness (QED) is 0.0854. The van der Waals surface area contributed by atoms with Crippen molar-refractivity contribution in [1.29, 1.82) is 5.26 Å². The summed E-state index contributed by atoms with van der Waals surface area (Å²) < 4.78 is 10.7. The van der Waals surface area contributed by atoms with E-state index in [0.29, 0.717) is 5.56 Å². The van der Waals surface area contributed by atoms with E-state index in [1.54, 1.807) is 18.2 Å². The van der Waals surface area contributed by atoms with Crippen LogP contribution < -0.4 is 5.73 Å². The maximum atomic E-state index is 14.7. The van der Waals surface area contributed by atoms with Gasteiger partial charge in [-0.15, -0.1) is 0 Å². The molecule has 4 aromatic carbocycles. The van der Waals surface area contributed by atoms with Crippen LogP contribution in [-0.4, -0.2) is 54.4 Å². The molecule has 0 aromatic heterocycles. The van der Waals surface area contributed by atoms with Gasteiger partial charge >= 0.3 is 5.97 Å². The zero-order valence-electron chi connectivity index (χ0n) is 25.2. The fourth-order valence-electron chi connectivity index (χ4n) is 5.12. The molecule has 0 saturated carbocycles. The molecule has 0 radical (unpaired) electrons. The predicted molar refractivity (Wildman–Crippen MR) is 173 cm³/mol. The van der Waals surface area contributed by atoms with Gasteiger partial charge in [-0.2, -0.15) is 5.26 Å². The number of nitrogens with zero attached hydrogens (tertiary/aromatic N) is 2. The normalized spacial score (nSPS) is 12.1. The van der Waals surface area contributed by atoms with E-state index in [1.807, 2.05) is 97.9 Å². The topological polar surface area (TPSA) is 123 Å². The minimum absolute atomic E-state index is 0.130. The first-order chi connectivity index (χ1) is 21.8. The molecule has 0 bridgehead atoms. The number of hydrogen-bond donors (Lipinski definition) is 1. The molecule has 2 amide bonds. The molecule has 2 N–H and O–H groups in total. The molecule has 0 aliphatic rings. The number of aryl methyl sites for hydroxylation is 1. The van der Waals surface area contributed by atoms with Gasteiger partial charge in [0.2, 0.25) is 11.8 Å². The monoisotopic (exact) mass is 621 g/mol. The van der Waals surface area contributed by atoms with Gasteiger partial charge in [0.05, 0.1) is 37.2 Å². The van der Waals surface area contributed by atoms with Crippen molar-refractivity contribution in [2.24, 2.45) is 5.73 Å². The number of hydrogen-bond acceptors (Lipinski definition) is 7. The molecule has 0 unspecified atom stereocenters. The van der Waals surface area contributed by atoms with Crippen LogP contribution in [0.3, 0.4) is 0 Å². The summed E-state index contributed by atoms with van der Waals surface area (Å²) in [4.78, 5) is 41.8. The zero-order chi connectivity index (χ0) is 32.2. The van der Waals surface area contributed by atoms with Crippen molar-refractivity contribution in [3.63, 3.8) is 0 Å². The van der Waals surface area contributed by atoms with Crippen molar-refractivity contribution in [2.45, 2.75) is 36.2 Å². The summed E-state index contributed by atoms with van der Waals surface area (Å²) >= 11 is 1.32. The fraction of sp³-hybridized carbons (Fsp3) is 0.222. The van der Waals surface area contributed by atoms with Crippen LogP contribution in [0.1, 0.15) is 38.5 Å². The van der Waals surface area contributed by atoms with Crippen molar-refractivity contribution in [3.8, 4) is 6.07 Å². The van der Waals surface area contributed by atoms with Crippen molar-refractivity contribution in [3.05, 3.63) is 137 Å². The van der Waals surface area contributed by atoms with Gasteiger partial charge in [0.15, 0.2) is 0 Å². The molecule has 8 nitrogen and oxygen atoms in total. The number of nitrogens with two attached hydrogens (primary N) is 1. The number of amides is 2. The molecule has 0 aliphatic carbocycles. The lowest BCUT2D eigenvalue weighted by atomic mass is 9.88. The fourth-order valence-corrected chi connectivity index (χ4v) is 5.82. The summed E-state index contributed by atoms with van der Waals surface area (Å²) in [6.45, 7) is 1.77. The SMILES string of the molecule is COC(=O)c1cccc(SCOC[C@H](C#N)N(C(=O)C(c2ccccc2)c2ccccc2)[C@@H](Cc2cccc(C)c2)C(N)=O)c1. The zero-order valence-corrected chi connectivity index (χ0v) is 26.0. The number of esters is 1. The Morgan fingerprint density at radius 2 is 1.53 bits per heavy atom. The highest BCUT2D eigenvalue weighted by molar-refractivity contribution is 7.99. The second-order valence-corrected chi connectivity index (χ2v) is 11.4. The van der Waals surface area contributed by atoms with E-state index in [9.17, 15) is 19.6 Å². The standard InChI is InChI=1S/C36H35N3O5S/c1-25-11-9-12-26(19-25)20-32(34(38)40)39(35(41)33(27-13-5-3-6-14-27)28-15-7-4-8-16-28)30(22-37)23-44-24-45-31-18-10-17-29(21-31)36(42)43-2/h3-19,21,30,32-33H,20,23-24H2,1-2H3,(H2,38,40)/t30-,32-/m0/s1. The molecular weight excluding hydrogens is 586 g/mol. The van der Waals surface area contributed by atoms with Gasteiger partial charge in [-0.3, -0.25) is 9.59 Å². The summed E-state index contributed by atoms with van der Waals surface area (Å²) in [5, 5.41) is 10.4. The molecule has 0 aliphatic heterocycles. The molecule has 2 atom stereocenters. The van der Waals surface area contributed by atoms with E-state index >= 15 is 0 Å². The smallest absolute Gasteiger partial charge is 0.337 e. The molecule has 0 heterocycles. The molecule has 0 fully saturated rings. The number of carbonyl (C=O) groups is 3. The Bertz CT molecular complexity index is 1600. The summed E-state index contributed by atoms with van der Waals surface area (Å²) in [6, 6.07) is 33.0. The van der Waals surface area contributed by atoms with Crippen LogP contribution in [0, 0.1) is 18.3 Å². The van der Waals surface area contributed by atoms with Crippen LogP contribution in [0.25, 0.3) is 0 Å². The molecule has 0 saturated heterocycles. The Morgan fingerprint density at radius 3 is 2.11 bits per heavy atom. The lowest BCUT2D eigenvalue weighted by molar-refractivity contribution is -0.142. The predicted octanol–water partition coefficient (Wildman–Crippen LogP) is 5.50. The van der Waals surface area contributed by atoms with Crippen molar-refractivity contribution in [2.75, 3.05) is 19.7 Å². The van der Waals surface area contributed by atoms with Gasteiger partial charge in [0.1, 0.15) is 12.1 Å². The number of methoxy groups -OCH3 is 1. The lowest BCUT2D eigenvalue weighted by Gasteiger charge is -2.36. The number of thioether (sulfide) groups is 1. The Kier molecular flexibility index (Phi) is 11.9. The van der Waals surface area contributed by atoms with E-state index in [-0.39, 0.29) is 19.0 Å². The third-order valence-electron chi connectivity index (χ3n) is 7.27. The summed E-state index contributed by atoms with van der Waals surface area (Å²) in [6.07, 6.45) is 0.131. The highest BCUT2D eigenvalue weighted by Gasteiger charge is 2.39. The van der Waals surface area contributed by atoms with Crippen molar-refractivity contribution >= 4 is 29.5 Å². The van der Waals surface area contributed by atoms with Crippen molar-refractivity contribution < 1.29 is 23.9 Å². The van der Waals surface area contributed by atoms with Crippen LogP contribution in [0.5, 0.6) is 0 Å². The molecular formula is C36H35N3O5S. The third-order valence-corrected chi connectivity index (χ3v) is 8.14. The van der Waals surface area contributed by atoms with E-state index in [2.05, 4.69) is 6.07 Å². The first-order valence-electron chi connectivity index (χ1n) is 14.4. The van der Waals surface area contributed by atoms with Gasteiger partial charge in [0.25, 0.3) is 0 Å². The lowest BCUT2D eigenvalue weighted by Crippen LogP contribution is -2.56. The van der Waals surface area contributed by atoms with E-state index in [0.717, 1.165) is 27.1 Å². The molecule has 230 valence electrons. The average molecular weight is 622 g/mol. The molecule has 4 rings (SSSR count). The Labute approximate surface area is 267 Å². The summed E-state index contributed by atoms with van der Waals surface area (Å²) in [5.74, 6) is -2.27. The second-order valence-electron chi connectivity index (χ2n) is 10.4. The maximum Gasteiger partial charge on any atom is 0.337 e. The van der Waals surface area contributed by atoms with Crippen LogP contribution in [0.15, 0.2) is 114 Å². The maximum absolute atomic E-state index is 14.7. The van der Waals surface area contributed by atoms with Gasteiger partial charge in [-0.25, -0.2) is 4.79 Å². The van der Waals surface area contributed by atoms with E-state index in [1.165, 1.54) is 23.8 Å². The molecule has 4 aromatic rings.